The predicted molar refractivity (Wildman–Crippen MR) is 53.6 cm³/mol. The monoisotopic (exact) mass is 184 g/mol. The molecule has 1 aliphatic rings. The van der Waals surface area contributed by atoms with Crippen molar-refractivity contribution in [2.75, 3.05) is 26.2 Å². The van der Waals surface area contributed by atoms with Gasteiger partial charge in [-0.3, -0.25) is 9.69 Å². The molecule has 1 heterocycles. The van der Waals surface area contributed by atoms with Crippen molar-refractivity contribution in [2.24, 2.45) is 0 Å². The normalized spacial score (nSPS) is 22.1. The van der Waals surface area contributed by atoms with E-state index >= 15 is 0 Å². The second kappa shape index (κ2) is 4.61. The number of amides is 1. The highest BCUT2D eigenvalue weighted by Gasteiger charge is 2.24. The Balaban J connectivity index is 2.45. The summed E-state index contributed by atoms with van der Waals surface area (Å²) in [5.74, 6) is 0.286. The van der Waals surface area contributed by atoms with E-state index < -0.39 is 0 Å². The second-order valence-electron chi connectivity index (χ2n) is 3.70. The minimum absolute atomic E-state index is 0.286. The van der Waals surface area contributed by atoms with Crippen LogP contribution in [0.3, 0.4) is 0 Å². The number of piperazine rings is 1. The van der Waals surface area contributed by atoms with Crippen LogP contribution in [0.1, 0.15) is 27.2 Å². The third kappa shape index (κ3) is 2.44. The van der Waals surface area contributed by atoms with Gasteiger partial charge in [0.25, 0.3) is 0 Å². The van der Waals surface area contributed by atoms with Crippen LogP contribution >= 0.6 is 0 Å². The molecule has 1 aliphatic heterocycles. The highest BCUT2D eigenvalue weighted by Crippen LogP contribution is 2.08. The molecule has 76 valence electrons. The first-order chi connectivity index (χ1) is 6.19. The number of likely N-dealkylation sites (N-methyl/N-ethyl adjacent to an activating group) is 1. The van der Waals surface area contributed by atoms with Gasteiger partial charge in [-0.15, -0.1) is 0 Å². The fraction of sp³-hybridized carbons (Fsp3) is 0.900. The van der Waals surface area contributed by atoms with Gasteiger partial charge in [-0.2, -0.15) is 0 Å². The number of hydrogen-bond donors (Lipinski definition) is 0. The minimum Gasteiger partial charge on any atom is -0.341 e. The van der Waals surface area contributed by atoms with Crippen molar-refractivity contribution in [3.8, 4) is 0 Å². The van der Waals surface area contributed by atoms with Crippen LogP contribution in [0.2, 0.25) is 0 Å². The van der Waals surface area contributed by atoms with E-state index in [2.05, 4.69) is 18.7 Å². The van der Waals surface area contributed by atoms with Crippen molar-refractivity contribution in [3.05, 3.63) is 0 Å². The van der Waals surface area contributed by atoms with Crippen molar-refractivity contribution in [2.45, 2.75) is 33.2 Å². The molecule has 0 spiro atoms. The van der Waals surface area contributed by atoms with E-state index in [4.69, 9.17) is 0 Å². The Morgan fingerprint density at radius 2 is 2.08 bits per heavy atom. The predicted octanol–water partition coefficient (Wildman–Crippen LogP) is 0.949. The van der Waals surface area contributed by atoms with Crippen LogP contribution in [-0.4, -0.2) is 47.9 Å². The lowest BCUT2D eigenvalue weighted by atomic mass is 10.2. The molecule has 0 aliphatic carbocycles. The summed E-state index contributed by atoms with van der Waals surface area (Å²) < 4.78 is 0. The fourth-order valence-electron chi connectivity index (χ4n) is 1.70. The van der Waals surface area contributed by atoms with Crippen molar-refractivity contribution in [1.29, 1.82) is 0 Å². The number of nitrogens with zero attached hydrogens (tertiary/aromatic N) is 2. The van der Waals surface area contributed by atoms with Crippen molar-refractivity contribution >= 4 is 5.91 Å². The van der Waals surface area contributed by atoms with Gasteiger partial charge in [0.05, 0.1) is 6.54 Å². The molecule has 0 aromatic rings. The van der Waals surface area contributed by atoms with E-state index in [0.29, 0.717) is 12.6 Å². The number of carbonyl (C=O) groups is 1. The molecule has 1 saturated heterocycles. The highest BCUT2D eigenvalue weighted by atomic mass is 16.2. The minimum atomic E-state index is 0.286. The van der Waals surface area contributed by atoms with Gasteiger partial charge in [0, 0.05) is 25.7 Å². The fourth-order valence-corrected chi connectivity index (χ4v) is 1.70. The maximum Gasteiger partial charge on any atom is 0.236 e. The van der Waals surface area contributed by atoms with E-state index in [9.17, 15) is 4.79 Å². The average molecular weight is 184 g/mol. The first kappa shape index (κ1) is 10.5. The third-order valence-electron chi connectivity index (χ3n) is 2.94. The third-order valence-corrected chi connectivity index (χ3v) is 2.94. The standard InChI is InChI=1S/C10H20N2O/c1-4-9(3)12-7-6-11(5-2)10(13)8-12/h9H,4-8H2,1-3H3. The summed E-state index contributed by atoms with van der Waals surface area (Å²) in [7, 11) is 0. The molecule has 1 unspecified atom stereocenters. The van der Waals surface area contributed by atoms with E-state index in [-0.39, 0.29) is 5.91 Å². The zero-order valence-corrected chi connectivity index (χ0v) is 8.92. The van der Waals surface area contributed by atoms with E-state index in [0.717, 1.165) is 26.1 Å². The Bertz CT molecular complexity index is 182. The lowest BCUT2D eigenvalue weighted by Gasteiger charge is -2.36. The quantitative estimate of drug-likeness (QED) is 0.652. The molecule has 13 heavy (non-hydrogen) atoms. The van der Waals surface area contributed by atoms with Gasteiger partial charge in [0.15, 0.2) is 0 Å². The van der Waals surface area contributed by atoms with E-state index in [1.807, 2.05) is 11.8 Å². The second-order valence-corrected chi connectivity index (χ2v) is 3.70. The maximum atomic E-state index is 11.5. The van der Waals surface area contributed by atoms with Gasteiger partial charge < -0.3 is 4.90 Å². The SMILES string of the molecule is CCC(C)N1CCN(CC)C(=O)C1. The van der Waals surface area contributed by atoms with Crippen molar-refractivity contribution in [3.63, 3.8) is 0 Å². The zero-order chi connectivity index (χ0) is 9.84. The molecule has 1 atom stereocenters. The van der Waals surface area contributed by atoms with E-state index in [1.54, 1.807) is 0 Å². The zero-order valence-electron chi connectivity index (χ0n) is 8.92. The summed E-state index contributed by atoms with van der Waals surface area (Å²) in [5.41, 5.74) is 0. The summed E-state index contributed by atoms with van der Waals surface area (Å²) in [6.07, 6.45) is 1.12. The highest BCUT2D eigenvalue weighted by molar-refractivity contribution is 5.79. The Hall–Kier alpha value is -0.570. The van der Waals surface area contributed by atoms with Crippen LogP contribution in [0.15, 0.2) is 0 Å². The lowest BCUT2D eigenvalue weighted by molar-refractivity contribution is -0.136. The maximum absolute atomic E-state index is 11.5. The molecule has 0 N–H and O–H groups in total. The summed E-state index contributed by atoms with van der Waals surface area (Å²) in [6.45, 7) is 9.80. The smallest absolute Gasteiger partial charge is 0.236 e. The van der Waals surface area contributed by atoms with Crippen LogP contribution < -0.4 is 0 Å². The van der Waals surface area contributed by atoms with Gasteiger partial charge in [0.1, 0.15) is 0 Å². The molecule has 0 aromatic heterocycles. The number of carbonyl (C=O) groups excluding carboxylic acids is 1. The molecule has 0 bridgehead atoms. The van der Waals surface area contributed by atoms with Gasteiger partial charge in [-0.25, -0.2) is 0 Å². The molecule has 1 amide bonds. The Kier molecular flexibility index (Phi) is 3.72. The van der Waals surface area contributed by atoms with Crippen molar-refractivity contribution < 1.29 is 4.79 Å². The summed E-state index contributed by atoms with van der Waals surface area (Å²) in [6, 6.07) is 0.544. The first-order valence-corrected chi connectivity index (χ1v) is 5.20. The van der Waals surface area contributed by atoms with Crippen molar-refractivity contribution in [1.82, 2.24) is 9.80 Å². The molecular weight excluding hydrogens is 164 g/mol. The molecular formula is C10H20N2O. The van der Waals surface area contributed by atoms with Crippen LogP contribution in [0.5, 0.6) is 0 Å². The van der Waals surface area contributed by atoms with Crippen LogP contribution in [0.25, 0.3) is 0 Å². The van der Waals surface area contributed by atoms with Gasteiger partial charge in [-0.1, -0.05) is 6.92 Å². The molecule has 1 fully saturated rings. The molecule has 1 rings (SSSR count). The molecule has 0 saturated carbocycles. The number of hydrogen-bond acceptors (Lipinski definition) is 2. The van der Waals surface area contributed by atoms with E-state index in [1.165, 1.54) is 0 Å². The number of rotatable bonds is 3. The molecule has 3 heteroatoms. The molecule has 0 aromatic carbocycles. The van der Waals surface area contributed by atoms with Crippen LogP contribution in [0.4, 0.5) is 0 Å². The van der Waals surface area contributed by atoms with Gasteiger partial charge in [0.2, 0.25) is 5.91 Å². The van der Waals surface area contributed by atoms with Crippen LogP contribution in [-0.2, 0) is 4.79 Å². The Morgan fingerprint density at radius 3 is 2.54 bits per heavy atom. The average Bonchev–Trinajstić information content (AvgIpc) is 2.16. The van der Waals surface area contributed by atoms with Crippen LogP contribution in [0, 0.1) is 0 Å². The topological polar surface area (TPSA) is 23.6 Å². The molecule has 3 nitrogen and oxygen atoms in total. The summed E-state index contributed by atoms with van der Waals surface area (Å²) in [5, 5.41) is 0. The Labute approximate surface area is 80.7 Å². The Morgan fingerprint density at radius 1 is 1.38 bits per heavy atom. The summed E-state index contributed by atoms with van der Waals surface area (Å²) in [4.78, 5) is 15.7. The lowest BCUT2D eigenvalue weighted by Crippen LogP contribution is -2.52. The molecule has 0 radical (unpaired) electrons. The summed E-state index contributed by atoms with van der Waals surface area (Å²) >= 11 is 0. The first-order valence-electron chi connectivity index (χ1n) is 5.20. The largest absolute Gasteiger partial charge is 0.341 e. The van der Waals surface area contributed by atoms with Gasteiger partial charge in [-0.05, 0) is 20.3 Å². The van der Waals surface area contributed by atoms with Gasteiger partial charge >= 0.3 is 0 Å².